The van der Waals surface area contributed by atoms with E-state index in [1.165, 1.54) is 6.21 Å². The number of hydrazone groups is 1. The monoisotopic (exact) mass is 240 g/mol. The first-order valence-corrected chi connectivity index (χ1v) is 5.44. The van der Waals surface area contributed by atoms with Gasteiger partial charge >= 0.3 is 0 Å². The van der Waals surface area contributed by atoms with Crippen LogP contribution in [-0.2, 0) is 0 Å². The third-order valence-corrected chi connectivity index (χ3v) is 2.17. The molecule has 2 heterocycles. The van der Waals surface area contributed by atoms with Gasteiger partial charge in [-0.2, -0.15) is 5.10 Å². The van der Waals surface area contributed by atoms with Crippen molar-refractivity contribution < 1.29 is 4.79 Å². The molecule has 0 radical (unpaired) electrons. The zero-order chi connectivity index (χ0) is 12.8. The number of hydrogen-bond donors (Lipinski definition) is 1. The van der Waals surface area contributed by atoms with Gasteiger partial charge in [0.05, 0.1) is 11.9 Å². The van der Waals surface area contributed by atoms with Crippen LogP contribution in [0.15, 0.2) is 47.7 Å². The molecule has 1 N–H and O–H groups in total. The highest BCUT2D eigenvalue weighted by atomic mass is 16.2. The predicted octanol–water partition coefficient (Wildman–Crippen LogP) is 1.55. The molecular weight excluding hydrogens is 228 g/mol. The fourth-order valence-corrected chi connectivity index (χ4v) is 1.35. The van der Waals surface area contributed by atoms with Gasteiger partial charge in [-0.25, -0.2) is 5.43 Å². The number of amides is 1. The van der Waals surface area contributed by atoms with Crippen LogP contribution in [0.5, 0.6) is 0 Å². The number of carbonyl (C=O) groups is 1. The number of hydrogen-bond acceptors (Lipinski definition) is 4. The Balaban J connectivity index is 1.98. The van der Waals surface area contributed by atoms with Crippen LogP contribution < -0.4 is 5.43 Å². The van der Waals surface area contributed by atoms with Crippen LogP contribution in [0.2, 0.25) is 0 Å². The van der Waals surface area contributed by atoms with Gasteiger partial charge in [0.25, 0.3) is 5.91 Å². The average Bonchev–Trinajstić information content (AvgIpc) is 2.40. The summed E-state index contributed by atoms with van der Waals surface area (Å²) in [7, 11) is 0. The molecule has 0 aliphatic heterocycles. The predicted molar refractivity (Wildman–Crippen MR) is 68.3 cm³/mol. The van der Waals surface area contributed by atoms with Crippen molar-refractivity contribution in [2.45, 2.75) is 6.92 Å². The van der Waals surface area contributed by atoms with Crippen molar-refractivity contribution in [2.75, 3.05) is 0 Å². The average molecular weight is 240 g/mol. The molecule has 0 aromatic carbocycles. The Hall–Kier alpha value is -2.56. The summed E-state index contributed by atoms with van der Waals surface area (Å²) in [6.07, 6.45) is 3.05. The third-order valence-electron chi connectivity index (χ3n) is 2.17. The summed E-state index contributed by atoms with van der Waals surface area (Å²) in [5.74, 6) is -0.348. The van der Waals surface area contributed by atoms with Crippen LogP contribution in [0.3, 0.4) is 0 Å². The summed E-state index contributed by atoms with van der Waals surface area (Å²) in [4.78, 5) is 19.7. The molecule has 0 aliphatic carbocycles. The Morgan fingerprint density at radius 1 is 1.28 bits per heavy atom. The van der Waals surface area contributed by atoms with Gasteiger partial charge in [0.2, 0.25) is 0 Å². The second-order valence-electron chi connectivity index (χ2n) is 3.62. The minimum Gasteiger partial charge on any atom is -0.266 e. The van der Waals surface area contributed by atoms with Crippen molar-refractivity contribution in [1.82, 2.24) is 15.4 Å². The molecule has 0 saturated carbocycles. The number of carbonyl (C=O) groups excluding carboxylic acids is 1. The summed E-state index contributed by atoms with van der Waals surface area (Å²) in [6, 6.07) is 10.7. The number of nitrogens with zero attached hydrogens (tertiary/aromatic N) is 3. The zero-order valence-corrected chi connectivity index (χ0v) is 9.87. The lowest BCUT2D eigenvalue weighted by Gasteiger charge is -1.98. The second-order valence-corrected chi connectivity index (χ2v) is 3.62. The Labute approximate surface area is 105 Å². The van der Waals surface area contributed by atoms with Crippen molar-refractivity contribution in [3.05, 3.63) is 59.7 Å². The Kier molecular flexibility index (Phi) is 3.76. The summed E-state index contributed by atoms with van der Waals surface area (Å²) in [5, 5.41) is 3.83. The number of pyridine rings is 2. The van der Waals surface area contributed by atoms with Gasteiger partial charge in [-0.3, -0.25) is 14.8 Å². The molecule has 0 spiro atoms. The van der Waals surface area contributed by atoms with E-state index < -0.39 is 0 Å². The maximum absolute atomic E-state index is 11.6. The third kappa shape index (κ3) is 3.21. The highest BCUT2D eigenvalue weighted by Crippen LogP contribution is 1.95. The highest BCUT2D eigenvalue weighted by Gasteiger charge is 2.03. The number of rotatable bonds is 3. The van der Waals surface area contributed by atoms with E-state index in [-0.39, 0.29) is 5.91 Å². The van der Waals surface area contributed by atoms with E-state index in [4.69, 9.17) is 0 Å². The fourth-order valence-electron chi connectivity index (χ4n) is 1.35. The summed E-state index contributed by atoms with van der Waals surface area (Å²) in [5.41, 5.74) is 4.31. The van der Waals surface area contributed by atoms with Gasteiger partial charge in [-0.05, 0) is 31.2 Å². The van der Waals surface area contributed by atoms with E-state index >= 15 is 0 Å². The van der Waals surface area contributed by atoms with Crippen molar-refractivity contribution >= 4 is 12.1 Å². The molecule has 5 nitrogen and oxygen atoms in total. The van der Waals surface area contributed by atoms with Gasteiger partial charge < -0.3 is 0 Å². The Morgan fingerprint density at radius 3 is 2.89 bits per heavy atom. The minimum atomic E-state index is -0.348. The van der Waals surface area contributed by atoms with E-state index in [0.717, 1.165) is 5.69 Å². The Morgan fingerprint density at radius 2 is 2.17 bits per heavy atom. The maximum Gasteiger partial charge on any atom is 0.289 e. The molecule has 5 heteroatoms. The smallest absolute Gasteiger partial charge is 0.266 e. The van der Waals surface area contributed by atoms with E-state index in [1.54, 1.807) is 24.4 Å². The normalized spacial score (nSPS) is 10.5. The molecule has 0 aliphatic rings. The summed E-state index contributed by atoms with van der Waals surface area (Å²) >= 11 is 0. The van der Waals surface area contributed by atoms with E-state index in [2.05, 4.69) is 20.5 Å². The highest BCUT2D eigenvalue weighted by molar-refractivity contribution is 5.92. The fraction of sp³-hybridized carbons (Fsp3) is 0.0769. The molecule has 2 rings (SSSR count). The topological polar surface area (TPSA) is 67.2 Å². The van der Waals surface area contributed by atoms with Gasteiger partial charge in [0.15, 0.2) is 0 Å². The first-order valence-electron chi connectivity index (χ1n) is 5.44. The maximum atomic E-state index is 11.6. The van der Waals surface area contributed by atoms with Gasteiger partial charge in [0.1, 0.15) is 5.69 Å². The lowest BCUT2D eigenvalue weighted by molar-refractivity contribution is 0.0950. The molecule has 0 unspecified atom stereocenters. The second kappa shape index (κ2) is 5.67. The standard InChI is InChI=1S/C13H12N4O/c1-10-5-4-6-11(16-10)9-15-17-13(18)12-7-2-3-8-14-12/h2-9H,1H3,(H,17,18). The molecule has 0 bridgehead atoms. The first kappa shape index (κ1) is 11.9. The number of nitrogens with one attached hydrogen (secondary N) is 1. The van der Waals surface area contributed by atoms with Crippen molar-refractivity contribution in [3.63, 3.8) is 0 Å². The Bertz CT molecular complexity index is 566. The minimum absolute atomic E-state index is 0.326. The van der Waals surface area contributed by atoms with Crippen LogP contribution in [0.1, 0.15) is 21.9 Å². The van der Waals surface area contributed by atoms with Crippen molar-refractivity contribution in [1.29, 1.82) is 0 Å². The molecule has 0 fully saturated rings. The number of aryl methyl sites for hydroxylation is 1. The SMILES string of the molecule is Cc1cccc(C=NNC(=O)c2ccccn2)n1. The van der Waals surface area contributed by atoms with Gasteiger partial charge in [0, 0.05) is 11.9 Å². The molecule has 18 heavy (non-hydrogen) atoms. The van der Waals surface area contributed by atoms with Gasteiger partial charge in [-0.1, -0.05) is 12.1 Å². The molecule has 2 aromatic heterocycles. The van der Waals surface area contributed by atoms with E-state index in [1.807, 2.05) is 25.1 Å². The molecule has 90 valence electrons. The molecule has 1 amide bonds. The van der Waals surface area contributed by atoms with E-state index in [0.29, 0.717) is 11.4 Å². The van der Waals surface area contributed by atoms with Gasteiger partial charge in [-0.15, -0.1) is 0 Å². The first-order chi connectivity index (χ1) is 8.75. The van der Waals surface area contributed by atoms with E-state index in [9.17, 15) is 4.79 Å². The van der Waals surface area contributed by atoms with Crippen molar-refractivity contribution in [2.24, 2.45) is 5.10 Å². The van der Waals surface area contributed by atoms with Crippen LogP contribution in [-0.4, -0.2) is 22.1 Å². The summed E-state index contributed by atoms with van der Waals surface area (Å²) < 4.78 is 0. The lowest BCUT2D eigenvalue weighted by Crippen LogP contribution is -2.18. The van der Waals surface area contributed by atoms with Crippen LogP contribution in [0, 0.1) is 6.92 Å². The van der Waals surface area contributed by atoms with Crippen LogP contribution in [0.25, 0.3) is 0 Å². The quantitative estimate of drug-likeness (QED) is 0.653. The van der Waals surface area contributed by atoms with Crippen LogP contribution >= 0.6 is 0 Å². The summed E-state index contributed by atoms with van der Waals surface area (Å²) in [6.45, 7) is 1.89. The lowest BCUT2D eigenvalue weighted by atomic mass is 10.3. The largest absolute Gasteiger partial charge is 0.289 e. The van der Waals surface area contributed by atoms with Crippen LogP contribution in [0.4, 0.5) is 0 Å². The van der Waals surface area contributed by atoms with Crippen molar-refractivity contribution in [3.8, 4) is 0 Å². The molecule has 2 aromatic rings. The number of aromatic nitrogens is 2. The molecular formula is C13H12N4O. The molecule has 0 saturated heterocycles. The molecule has 0 atom stereocenters. The zero-order valence-electron chi connectivity index (χ0n) is 9.87.